The van der Waals surface area contributed by atoms with Gasteiger partial charge in [0.25, 0.3) is 5.91 Å². The Bertz CT molecular complexity index is 896. The number of benzene rings is 2. The van der Waals surface area contributed by atoms with Gasteiger partial charge < -0.3 is 4.74 Å². The fraction of sp³-hybridized carbons (Fsp3) is 0.273. The Morgan fingerprint density at radius 3 is 2.18 bits per heavy atom. The van der Waals surface area contributed by atoms with Crippen molar-refractivity contribution in [2.75, 3.05) is 11.4 Å². The summed E-state index contributed by atoms with van der Waals surface area (Å²) in [5.74, 6) is -3.68. The van der Waals surface area contributed by atoms with Crippen LogP contribution in [0.15, 0.2) is 49.0 Å². The van der Waals surface area contributed by atoms with Crippen LogP contribution in [0, 0.1) is 11.6 Å². The zero-order chi connectivity index (χ0) is 21.1. The van der Waals surface area contributed by atoms with Crippen molar-refractivity contribution in [3.05, 3.63) is 71.8 Å². The standard InChI is InChI=1S/C22H23F2NO3/c1-14(2)15-8-6-9-16(12-15)25(13-19(26)28-22(3,4)5)21(27)20-17(23)10-7-11-18(20)24/h6-12H,1,13H2,2-5H3. The maximum atomic E-state index is 14.2. The van der Waals surface area contributed by atoms with Gasteiger partial charge in [-0.2, -0.15) is 0 Å². The molecule has 2 aromatic rings. The number of hydrogen-bond donors (Lipinski definition) is 0. The molecule has 0 aliphatic heterocycles. The number of anilines is 1. The van der Waals surface area contributed by atoms with E-state index < -0.39 is 41.2 Å². The SMILES string of the molecule is C=C(C)c1cccc(N(CC(=O)OC(C)(C)C)C(=O)c2c(F)cccc2F)c1. The van der Waals surface area contributed by atoms with Crippen LogP contribution < -0.4 is 4.90 Å². The van der Waals surface area contributed by atoms with Gasteiger partial charge >= 0.3 is 5.97 Å². The lowest BCUT2D eigenvalue weighted by molar-refractivity contribution is -0.152. The molecule has 0 aliphatic carbocycles. The first-order valence-electron chi connectivity index (χ1n) is 8.73. The van der Waals surface area contributed by atoms with Crippen molar-refractivity contribution in [3.63, 3.8) is 0 Å². The van der Waals surface area contributed by atoms with Crippen molar-refractivity contribution in [3.8, 4) is 0 Å². The molecule has 0 radical (unpaired) electrons. The molecule has 0 spiro atoms. The highest BCUT2D eigenvalue weighted by Gasteiger charge is 2.28. The van der Waals surface area contributed by atoms with Gasteiger partial charge in [0, 0.05) is 5.69 Å². The molecule has 28 heavy (non-hydrogen) atoms. The molecule has 0 atom stereocenters. The van der Waals surface area contributed by atoms with Crippen molar-refractivity contribution in [1.29, 1.82) is 0 Å². The summed E-state index contributed by atoms with van der Waals surface area (Å²) in [5, 5.41) is 0. The second kappa shape index (κ2) is 8.33. The van der Waals surface area contributed by atoms with Crippen molar-refractivity contribution < 1.29 is 23.1 Å². The molecule has 0 unspecified atom stereocenters. The average molecular weight is 387 g/mol. The van der Waals surface area contributed by atoms with Crippen LogP contribution in [0.3, 0.4) is 0 Å². The Balaban J connectivity index is 2.50. The van der Waals surface area contributed by atoms with Crippen molar-refractivity contribution in [2.24, 2.45) is 0 Å². The Morgan fingerprint density at radius 2 is 1.64 bits per heavy atom. The molecule has 4 nitrogen and oxygen atoms in total. The van der Waals surface area contributed by atoms with E-state index in [4.69, 9.17) is 4.74 Å². The van der Waals surface area contributed by atoms with Gasteiger partial charge in [0.05, 0.1) is 0 Å². The number of esters is 1. The molecular formula is C22H23F2NO3. The van der Waals surface area contributed by atoms with Crippen LogP contribution in [0.4, 0.5) is 14.5 Å². The Kier molecular flexibility index (Phi) is 6.33. The summed E-state index contributed by atoms with van der Waals surface area (Å²) in [5.41, 5.74) is 0.275. The Labute approximate surface area is 163 Å². The normalized spacial score (nSPS) is 11.1. The maximum absolute atomic E-state index is 14.2. The summed E-state index contributed by atoms with van der Waals surface area (Å²) >= 11 is 0. The molecule has 0 saturated heterocycles. The molecule has 0 bridgehead atoms. The van der Waals surface area contributed by atoms with E-state index in [-0.39, 0.29) is 0 Å². The van der Waals surface area contributed by atoms with Gasteiger partial charge in [-0.3, -0.25) is 14.5 Å². The first-order chi connectivity index (χ1) is 13.0. The number of carbonyl (C=O) groups excluding carboxylic acids is 2. The summed E-state index contributed by atoms with van der Waals surface area (Å²) < 4.78 is 33.6. The number of amides is 1. The predicted molar refractivity (Wildman–Crippen MR) is 105 cm³/mol. The lowest BCUT2D eigenvalue weighted by Crippen LogP contribution is -2.39. The summed E-state index contributed by atoms with van der Waals surface area (Å²) in [4.78, 5) is 26.3. The molecule has 0 saturated carbocycles. The van der Waals surface area contributed by atoms with Gasteiger partial charge in [-0.25, -0.2) is 8.78 Å². The summed E-state index contributed by atoms with van der Waals surface area (Å²) in [6.07, 6.45) is 0. The van der Waals surface area contributed by atoms with Gasteiger partial charge in [-0.05, 0) is 57.5 Å². The minimum atomic E-state index is -1.00. The number of hydrogen-bond acceptors (Lipinski definition) is 3. The third-order valence-electron chi connectivity index (χ3n) is 3.78. The van der Waals surface area contributed by atoms with Crippen LogP contribution in [0.25, 0.3) is 5.57 Å². The number of nitrogens with zero attached hydrogens (tertiary/aromatic N) is 1. The summed E-state index contributed by atoms with van der Waals surface area (Å²) in [6, 6.07) is 9.81. The van der Waals surface area contributed by atoms with Gasteiger partial charge in [-0.1, -0.05) is 30.4 Å². The molecule has 6 heteroatoms. The molecule has 0 aliphatic rings. The van der Waals surface area contributed by atoms with Gasteiger partial charge in [0.15, 0.2) is 0 Å². The van der Waals surface area contributed by atoms with Crippen LogP contribution in [0.1, 0.15) is 43.6 Å². The number of carbonyl (C=O) groups is 2. The minimum absolute atomic E-state index is 0.305. The van der Waals surface area contributed by atoms with E-state index in [2.05, 4.69) is 6.58 Å². The number of allylic oxidation sites excluding steroid dienone is 1. The zero-order valence-electron chi connectivity index (χ0n) is 16.4. The van der Waals surface area contributed by atoms with Crippen LogP contribution in [0.2, 0.25) is 0 Å². The van der Waals surface area contributed by atoms with E-state index in [9.17, 15) is 18.4 Å². The van der Waals surface area contributed by atoms with Crippen LogP contribution >= 0.6 is 0 Å². The highest BCUT2D eigenvalue weighted by atomic mass is 19.1. The minimum Gasteiger partial charge on any atom is -0.459 e. The smallest absolute Gasteiger partial charge is 0.326 e. The molecule has 1 amide bonds. The lowest BCUT2D eigenvalue weighted by Gasteiger charge is -2.26. The van der Waals surface area contributed by atoms with Crippen molar-refractivity contribution >= 4 is 23.1 Å². The maximum Gasteiger partial charge on any atom is 0.326 e. The van der Waals surface area contributed by atoms with Crippen LogP contribution in [0.5, 0.6) is 0 Å². The monoisotopic (exact) mass is 387 g/mol. The Hall–Kier alpha value is -3.02. The fourth-order valence-corrected chi connectivity index (χ4v) is 2.56. The van der Waals surface area contributed by atoms with Crippen LogP contribution in [-0.4, -0.2) is 24.0 Å². The quantitative estimate of drug-likeness (QED) is 0.680. The molecule has 148 valence electrons. The number of halogens is 2. The first kappa shape index (κ1) is 21.3. The number of ether oxygens (including phenoxy) is 1. The van der Waals surface area contributed by atoms with Crippen LogP contribution in [-0.2, 0) is 9.53 Å². The van der Waals surface area contributed by atoms with Crippen molar-refractivity contribution in [1.82, 2.24) is 0 Å². The molecule has 0 N–H and O–H groups in total. The van der Waals surface area contributed by atoms with Gasteiger partial charge in [0.2, 0.25) is 0 Å². The summed E-state index contributed by atoms with van der Waals surface area (Å²) in [6.45, 7) is 10.2. The second-order valence-corrected chi connectivity index (χ2v) is 7.41. The Morgan fingerprint density at radius 1 is 1.07 bits per heavy atom. The molecular weight excluding hydrogens is 364 g/mol. The van der Waals surface area contributed by atoms with E-state index in [1.165, 1.54) is 6.07 Å². The van der Waals surface area contributed by atoms with Crippen molar-refractivity contribution in [2.45, 2.75) is 33.3 Å². The van der Waals surface area contributed by atoms with E-state index in [0.29, 0.717) is 5.69 Å². The molecule has 0 heterocycles. The highest BCUT2D eigenvalue weighted by Crippen LogP contribution is 2.24. The zero-order valence-corrected chi connectivity index (χ0v) is 16.4. The van der Waals surface area contributed by atoms with Gasteiger partial charge in [-0.15, -0.1) is 0 Å². The van der Waals surface area contributed by atoms with E-state index in [0.717, 1.165) is 28.2 Å². The average Bonchev–Trinajstić information content (AvgIpc) is 2.58. The molecule has 2 rings (SSSR count). The molecule has 0 fully saturated rings. The lowest BCUT2D eigenvalue weighted by atomic mass is 10.1. The predicted octanol–water partition coefficient (Wildman–Crippen LogP) is 4.99. The van der Waals surface area contributed by atoms with E-state index in [1.54, 1.807) is 52.0 Å². The topological polar surface area (TPSA) is 46.6 Å². The van der Waals surface area contributed by atoms with E-state index in [1.807, 2.05) is 0 Å². The molecule has 0 aromatic heterocycles. The fourth-order valence-electron chi connectivity index (χ4n) is 2.56. The third kappa shape index (κ3) is 5.25. The third-order valence-corrected chi connectivity index (χ3v) is 3.78. The van der Waals surface area contributed by atoms with E-state index >= 15 is 0 Å². The largest absolute Gasteiger partial charge is 0.459 e. The number of rotatable bonds is 5. The molecule has 2 aromatic carbocycles. The van der Waals surface area contributed by atoms with Gasteiger partial charge in [0.1, 0.15) is 29.3 Å². The highest BCUT2D eigenvalue weighted by molar-refractivity contribution is 6.08. The summed E-state index contributed by atoms with van der Waals surface area (Å²) in [7, 11) is 0. The first-order valence-corrected chi connectivity index (χ1v) is 8.73. The second-order valence-electron chi connectivity index (χ2n) is 7.41.